The van der Waals surface area contributed by atoms with Crippen molar-refractivity contribution in [2.45, 2.75) is 50.6 Å². The standard InChI is InChI=1S/C14H21NO6S/c1-21-13(18)14(5-2-6-14)8-22(19,20)15-9-3-4-11(15)10(7-9)12(16)17/h9-11H,2-8H2,1H3,(H,16,17). The summed E-state index contributed by atoms with van der Waals surface area (Å²) in [4.78, 5) is 23.2. The summed E-state index contributed by atoms with van der Waals surface area (Å²) >= 11 is 0. The SMILES string of the molecule is COC(=O)C1(CS(=O)(=O)N2C3CCC2C(C(=O)O)C3)CCC1. The molecule has 3 fully saturated rings. The zero-order valence-electron chi connectivity index (χ0n) is 12.5. The van der Waals surface area contributed by atoms with Gasteiger partial charge in [0, 0.05) is 12.1 Å². The van der Waals surface area contributed by atoms with Crippen LogP contribution in [0.25, 0.3) is 0 Å². The maximum absolute atomic E-state index is 12.8. The van der Waals surface area contributed by atoms with Gasteiger partial charge < -0.3 is 9.84 Å². The van der Waals surface area contributed by atoms with Gasteiger partial charge in [0.2, 0.25) is 10.0 Å². The highest BCUT2D eigenvalue weighted by molar-refractivity contribution is 7.89. The number of fused-ring (bicyclic) bond motifs is 2. The number of methoxy groups -OCH3 is 1. The summed E-state index contributed by atoms with van der Waals surface area (Å²) in [5, 5.41) is 9.24. The van der Waals surface area contributed by atoms with E-state index in [2.05, 4.69) is 0 Å². The number of rotatable bonds is 5. The Hall–Kier alpha value is -1.15. The molecule has 0 aromatic carbocycles. The Balaban J connectivity index is 1.82. The van der Waals surface area contributed by atoms with Crippen molar-refractivity contribution in [1.82, 2.24) is 4.31 Å². The molecule has 3 atom stereocenters. The van der Waals surface area contributed by atoms with E-state index in [-0.39, 0.29) is 11.8 Å². The van der Waals surface area contributed by atoms with E-state index >= 15 is 0 Å². The molecule has 2 aliphatic heterocycles. The summed E-state index contributed by atoms with van der Waals surface area (Å²) in [6, 6.07) is -0.687. The van der Waals surface area contributed by atoms with Gasteiger partial charge in [-0.2, -0.15) is 4.31 Å². The molecule has 0 aromatic heterocycles. The first-order valence-electron chi connectivity index (χ1n) is 7.63. The predicted molar refractivity (Wildman–Crippen MR) is 76.5 cm³/mol. The lowest BCUT2D eigenvalue weighted by Gasteiger charge is -2.39. The molecule has 3 rings (SSSR count). The predicted octanol–water partition coefficient (Wildman–Crippen LogP) is 0.597. The second kappa shape index (κ2) is 5.19. The molecule has 0 aromatic rings. The van der Waals surface area contributed by atoms with E-state index in [0.717, 1.165) is 6.42 Å². The summed E-state index contributed by atoms with van der Waals surface area (Å²) in [7, 11) is -2.39. The van der Waals surface area contributed by atoms with Crippen molar-refractivity contribution in [3.05, 3.63) is 0 Å². The van der Waals surface area contributed by atoms with E-state index in [1.807, 2.05) is 0 Å². The van der Waals surface area contributed by atoms with Gasteiger partial charge in [-0.1, -0.05) is 6.42 Å². The number of aliphatic carboxylic acids is 1. The average molecular weight is 331 g/mol. The van der Waals surface area contributed by atoms with Crippen LogP contribution in [0.2, 0.25) is 0 Å². The number of hydrogen-bond acceptors (Lipinski definition) is 5. The highest BCUT2D eigenvalue weighted by atomic mass is 32.2. The Labute approximate surface area is 129 Å². The number of ether oxygens (including phenoxy) is 1. The van der Waals surface area contributed by atoms with Crippen LogP contribution < -0.4 is 0 Å². The largest absolute Gasteiger partial charge is 0.481 e. The Morgan fingerprint density at radius 2 is 2.00 bits per heavy atom. The molecule has 22 heavy (non-hydrogen) atoms. The van der Waals surface area contributed by atoms with E-state index < -0.39 is 39.3 Å². The summed E-state index contributed by atoms with van der Waals surface area (Å²) in [6.07, 6.45) is 3.53. The Morgan fingerprint density at radius 3 is 2.45 bits per heavy atom. The van der Waals surface area contributed by atoms with Crippen molar-refractivity contribution in [3.63, 3.8) is 0 Å². The van der Waals surface area contributed by atoms with Crippen LogP contribution in [0.1, 0.15) is 38.5 Å². The van der Waals surface area contributed by atoms with E-state index in [0.29, 0.717) is 32.1 Å². The van der Waals surface area contributed by atoms with Crippen molar-refractivity contribution < 1.29 is 27.9 Å². The van der Waals surface area contributed by atoms with Gasteiger partial charge in [-0.05, 0) is 32.1 Å². The quantitative estimate of drug-likeness (QED) is 0.740. The van der Waals surface area contributed by atoms with Crippen LogP contribution in [-0.4, -0.2) is 54.7 Å². The zero-order valence-corrected chi connectivity index (χ0v) is 13.3. The number of carboxylic acids is 1. The van der Waals surface area contributed by atoms with Crippen molar-refractivity contribution in [2.75, 3.05) is 12.9 Å². The third-order valence-electron chi connectivity index (χ3n) is 5.50. The third-order valence-corrected chi connectivity index (χ3v) is 7.63. The van der Waals surface area contributed by atoms with E-state index in [1.165, 1.54) is 11.4 Å². The van der Waals surface area contributed by atoms with Gasteiger partial charge in [0.1, 0.15) is 0 Å². The van der Waals surface area contributed by atoms with Gasteiger partial charge in [0.05, 0.1) is 24.2 Å². The number of hydrogen-bond donors (Lipinski definition) is 1. The van der Waals surface area contributed by atoms with Gasteiger partial charge in [-0.15, -0.1) is 0 Å². The lowest BCUT2D eigenvalue weighted by molar-refractivity contribution is -0.156. The van der Waals surface area contributed by atoms with Crippen LogP contribution in [0.3, 0.4) is 0 Å². The van der Waals surface area contributed by atoms with Crippen molar-refractivity contribution in [2.24, 2.45) is 11.3 Å². The minimum Gasteiger partial charge on any atom is -0.481 e. The summed E-state index contributed by atoms with van der Waals surface area (Å²) in [5.41, 5.74) is -0.936. The molecular formula is C14H21NO6S. The Morgan fingerprint density at radius 1 is 1.32 bits per heavy atom. The van der Waals surface area contributed by atoms with Crippen LogP contribution in [0.5, 0.6) is 0 Å². The normalized spacial score (nSPS) is 33.4. The van der Waals surface area contributed by atoms with E-state index in [9.17, 15) is 23.1 Å². The smallest absolute Gasteiger partial charge is 0.312 e. The fourth-order valence-electron chi connectivity index (χ4n) is 4.29. The fraction of sp³-hybridized carbons (Fsp3) is 0.857. The number of esters is 1. The van der Waals surface area contributed by atoms with Crippen molar-refractivity contribution in [3.8, 4) is 0 Å². The fourth-order valence-corrected chi connectivity index (χ4v) is 6.85. The van der Waals surface area contributed by atoms with Crippen molar-refractivity contribution >= 4 is 22.0 Å². The molecule has 124 valence electrons. The second-order valence-corrected chi connectivity index (χ2v) is 8.56. The summed E-state index contributed by atoms with van der Waals surface area (Å²) in [6.45, 7) is 0. The number of carbonyl (C=O) groups is 2. The molecule has 8 heteroatoms. The van der Waals surface area contributed by atoms with E-state index in [1.54, 1.807) is 0 Å². The molecule has 2 heterocycles. The number of carbonyl (C=O) groups excluding carboxylic acids is 1. The first-order chi connectivity index (χ1) is 10.3. The Bertz CT molecular complexity index is 596. The Kier molecular flexibility index (Phi) is 3.71. The van der Waals surface area contributed by atoms with Gasteiger partial charge in [0.15, 0.2) is 0 Å². The first kappa shape index (κ1) is 15.7. The molecule has 7 nitrogen and oxygen atoms in total. The monoisotopic (exact) mass is 331 g/mol. The molecule has 1 aliphatic carbocycles. The average Bonchev–Trinajstić information content (AvgIpc) is 3.00. The van der Waals surface area contributed by atoms with E-state index in [4.69, 9.17) is 4.74 Å². The highest BCUT2D eigenvalue weighted by Gasteiger charge is 2.57. The maximum Gasteiger partial charge on any atom is 0.312 e. The van der Waals surface area contributed by atoms with Gasteiger partial charge >= 0.3 is 11.9 Å². The molecular weight excluding hydrogens is 310 g/mol. The van der Waals surface area contributed by atoms with Crippen LogP contribution in [0.4, 0.5) is 0 Å². The minimum absolute atomic E-state index is 0.231. The van der Waals surface area contributed by atoms with Crippen LogP contribution >= 0.6 is 0 Å². The van der Waals surface area contributed by atoms with Gasteiger partial charge in [-0.3, -0.25) is 9.59 Å². The molecule has 3 unspecified atom stereocenters. The summed E-state index contributed by atoms with van der Waals surface area (Å²) < 4.78 is 31.8. The zero-order chi connectivity index (χ0) is 16.1. The second-order valence-electron chi connectivity index (χ2n) is 6.69. The molecule has 2 bridgehead atoms. The molecule has 1 N–H and O–H groups in total. The topological polar surface area (TPSA) is 101 Å². The number of nitrogens with zero attached hydrogens (tertiary/aromatic N) is 1. The molecule has 0 amide bonds. The molecule has 2 saturated heterocycles. The highest BCUT2D eigenvalue weighted by Crippen LogP contribution is 2.48. The summed E-state index contributed by atoms with van der Waals surface area (Å²) in [5.74, 6) is -2.28. The van der Waals surface area contributed by atoms with Crippen molar-refractivity contribution in [1.29, 1.82) is 0 Å². The third kappa shape index (κ3) is 2.23. The lowest BCUT2D eigenvalue weighted by Crippen LogP contribution is -2.49. The first-order valence-corrected chi connectivity index (χ1v) is 9.24. The number of carboxylic acid groups (broad SMARTS) is 1. The molecule has 0 spiro atoms. The van der Waals surface area contributed by atoms with Crippen LogP contribution in [0.15, 0.2) is 0 Å². The minimum atomic E-state index is -3.67. The van der Waals surface area contributed by atoms with Crippen LogP contribution in [0, 0.1) is 11.3 Å². The molecule has 1 saturated carbocycles. The lowest BCUT2D eigenvalue weighted by atomic mass is 9.70. The van der Waals surface area contributed by atoms with Gasteiger partial charge in [0.25, 0.3) is 0 Å². The molecule has 0 radical (unpaired) electrons. The maximum atomic E-state index is 12.8. The molecule has 3 aliphatic rings. The number of sulfonamides is 1. The van der Waals surface area contributed by atoms with Gasteiger partial charge in [-0.25, -0.2) is 8.42 Å². The van der Waals surface area contributed by atoms with Crippen LogP contribution in [-0.2, 0) is 24.3 Å².